The van der Waals surface area contributed by atoms with Crippen LogP contribution in [0.1, 0.15) is 30.8 Å². The molecular weight excluding hydrogens is 492 g/mol. The molecule has 0 saturated heterocycles. The van der Waals surface area contributed by atoms with Crippen LogP contribution in [0.2, 0.25) is 5.02 Å². The number of aliphatic imine (C=N–C) groups is 1. The zero-order valence-corrected chi connectivity index (χ0v) is 21.0. The SMILES string of the molecule is Cc1cnc(N=C/C=C(\N)C(C)(C)CO)cc1-n1c(C)cc(OCc2ncc(F)cc2F)c(Cl)c1=O. The molecule has 0 fully saturated rings. The second-order valence-electron chi connectivity index (χ2n) is 8.75. The maximum atomic E-state index is 13.9. The molecule has 190 valence electrons. The number of aliphatic hydroxyl groups excluding tert-OH is 1. The van der Waals surface area contributed by atoms with Crippen molar-refractivity contribution in [3.05, 3.63) is 86.3 Å². The first-order chi connectivity index (χ1) is 16.9. The number of aryl methyl sites for hydroxylation is 2. The highest BCUT2D eigenvalue weighted by Crippen LogP contribution is 2.27. The Bertz CT molecular complexity index is 1400. The van der Waals surface area contributed by atoms with Gasteiger partial charge < -0.3 is 15.6 Å². The van der Waals surface area contributed by atoms with Crippen LogP contribution in [0.15, 0.2) is 52.2 Å². The largest absolute Gasteiger partial charge is 0.485 e. The van der Waals surface area contributed by atoms with Gasteiger partial charge in [-0.3, -0.25) is 14.3 Å². The number of nitrogens with zero attached hydrogens (tertiary/aromatic N) is 4. The molecule has 0 atom stereocenters. The molecule has 0 bridgehead atoms. The predicted octanol–water partition coefficient (Wildman–Crippen LogP) is 4.32. The lowest BCUT2D eigenvalue weighted by atomic mass is 9.90. The Balaban J connectivity index is 1.92. The molecule has 11 heteroatoms. The van der Waals surface area contributed by atoms with Crippen LogP contribution in [-0.2, 0) is 6.61 Å². The van der Waals surface area contributed by atoms with Gasteiger partial charge in [-0.2, -0.15) is 0 Å². The summed E-state index contributed by atoms with van der Waals surface area (Å²) in [5.41, 5.74) is 6.85. The van der Waals surface area contributed by atoms with Crippen LogP contribution in [0.5, 0.6) is 5.75 Å². The van der Waals surface area contributed by atoms with E-state index >= 15 is 0 Å². The van der Waals surface area contributed by atoms with Crippen molar-refractivity contribution in [1.82, 2.24) is 14.5 Å². The van der Waals surface area contributed by atoms with Crippen LogP contribution in [0, 0.1) is 30.9 Å². The third kappa shape index (κ3) is 5.95. The molecule has 0 amide bonds. The van der Waals surface area contributed by atoms with E-state index in [1.54, 1.807) is 46.0 Å². The number of hydrogen-bond acceptors (Lipinski definition) is 7. The van der Waals surface area contributed by atoms with Crippen molar-refractivity contribution in [2.24, 2.45) is 16.1 Å². The second kappa shape index (κ2) is 11.0. The quantitative estimate of drug-likeness (QED) is 0.430. The number of pyridine rings is 3. The minimum atomic E-state index is -0.867. The lowest BCUT2D eigenvalue weighted by molar-refractivity contribution is 0.189. The molecular formula is C25H26ClF2N5O3. The summed E-state index contributed by atoms with van der Waals surface area (Å²) < 4.78 is 33.9. The average Bonchev–Trinajstić information content (AvgIpc) is 2.83. The van der Waals surface area contributed by atoms with E-state index in [-0.39, 0.29) is 29.7 Å². The van der Waals surface area contributed by atoms with Crippen molar-refractivity contribution in [2.45, 2.75) is 34.3 Å². The molecule has 0 radical (unpaired) electrons. The van der Waals surface area contributed by atoms with Crippen LogP contribution in [0.3, 0.4) is 0 Å². The zero-order valence-electron chi connectivity index (χ0n) is 20.2. The zero-order chi connectivity index (χ0) is 26.6. The normalized spacial score (nSPS) is 12.4. The van der Waals surface area contributed by atoms with E-state index < -0.39 is 22.6 Å². The number of aliphatic hydroxyl groups is 1. The number of rotatable bonds is 8. The molecule has 8 nitrogen and oxygen atoms in total. The van der Waals surface area contributed by atoms with Crippen LogP contribution < -0.4 is 16.0 Å². The Morgan fingerprint density at radius 1 is 1.25 bits per heavy atom. The van der Waals surface area contributed by atoms with Gasteiger partial charge in [0.2, 0.25) is 0 Å². The molecule has 0 spiro atoms. The Morgan fingerprint density at radius 3 is 2.64 bits per heavy atom. The van der Waals surface area contributed by atoms with Gasteiger partial charge in [0.15, 0.2) is 11.6 Å². The van der Waals surface area contributed by atoms with Crippen molar-refractivity contribution >= 4 is 23.6 Å². The van der Waals surface area contributed by atoms with E-state index in [0.29, 0.717) is 34.5 Å². The first kappa shape index (κ1) is 27.0. The molecule has 3 rings (SSSR count). The van der Waals surface area contributed by atoms with Gasteiger partial charge in [-0.1, -0.05) is 25.4 Å². The van der Waals surface area contributed by atoms with Gasteiger partial charge in [0.25, 0.3) is 5.56 Å². The highest BCUT2D eigenvalue weighted by Gasteiger charge is 2.19. The average molecular weight is 518 g/mol. The molecule has 0 aliphatic carbocycles. The van der Waals surface area contributed by atoms with Crippen LogP contribution in [0.4, 0.5) is 14.6 Å². The molecule has 0 aromatic carbocycles. The van der Waals surface area contributed by atoms with Crippen LogP contribution in [-0.4, -0.2) is 32.5 Å². The van der Waals surface area contributed by atoms with Gasteiger partial charge in [0.05, 0.1) is 18.5 Å². The smallest absolute Gasteiger partial charge is 0.277 e. The van der Waals surface area contributed by atoms with Crippen molar-refractivity contribution in [1.29, 1.82) is 0 Å². The lowest BCUT2D eigenvalue weighted by Crippen LogP contribution is -2.25. The fourth-order valence-corrected chi connectivity index (χ4v) is 3.30. The monoisotopic (exact) mass is 517 g/mol. The minimum Gasteiger partial charge on any atom is -0.485 e. The molecule has 0 saturated carbocycles. The molecule has 3 aromatic rings. The number of allylic oxidation sites excluding steroid dienone is 1. The number of aromatic nitrogens is 3. The molecule has 3 N–H and O–H groups in total. The first-order valence-electron chi connectivity index (χ1n) is 10.9. The number of nitrogens with two attached hydrogens (primary N) is 1. The van der Waals surface area contributed by atoms with E-state index in [4.69, 9.17) is 22.1 Å². The molecule has 0 aliphatic rings. The molecule has 0 aliphatic heterocycles. The van der Waals surface area contributed by atoms with Crippen LogP contribution in [0.25, 0.3) is 5.69 Å². The standard InChI is InChI=1S/C25H26ClF2N5O3/c1-14-10-32-22(30-6-5-21(29)25(3,4)13-34)9-19(14)33-15(2)7-20(23(26)24(33)35)36-12-18-17(28)8-16(27)11-31-18/h5-11,34H,12-13,29H2,1-4H3/b21-5-,30-6?. The van der Waals surface area contributed by atoms with E-state index in [1.807, 2.05) is 0 Å². The molecule has 3 heterocycles. The third-order valence-corrected chi connectivity index (χ3v) is 5.84. The van der Waals surface area contributed by atoms with E-state index in [0.717, 1.165) is 6.20 Å². The van der Waals surface area contributed by atoms with Gasteiger partial charge in [-0.05, 0) is 25.5 Å². The van der Waals surface area contributed by atoms with Crippen molar-refractivity contribution in [3.8, 4) is 11.4 Å². The fourth-order valence-electron chi connectivity index (χ4n) is 3.11. The maximum Gasteiger partial charge on any atom is 0.277 e. The summed E-state index contributed by atoms with van der Waals surface area (Å²) >= 11 is 6.30. The number of hydrogen-bond donors (Lipinski definition) is 2. The van der Waals surface area contributed by atoms with E-state index in [1.165, 1.54) is 16.8 Å². The van der Waals surface area contributed by atoms with Gasteiger partial charge in [0, 0.05) is 47.4 Å². The van der Waals surface area contributed by atoms with Crippen molar-refractivity contribution < 1.29 is 18.6 Å². The highest BCUT2D eigenvalue weighted by atomic mass is 35.5. The molecule has 0 unspecified atom stereocenters. The summed E-state index contributed by atoms with van der Waals surface area (Å²) in [6, 6.07) is 3.85. The van der Waals surface area contributed by atoms with Gasteiger partial charge >= 0.3 is 0 Å². The Morgan fingerprint density at radius 2 is 1.97 bits per heavy atom. The summed E-state index contributed by atoms with van der Waals surface area (Å²) in [7, 11) is 0. The summed E-state index contributed by atoms with van der Waals surface area (Å²) in [4.78, 5) is 25.4. The lowest BCUT2D eigenvalue weighted by Gasteiger charge is -2.21. The van der Waals surface area contributed by atoms with E-state index in [9.17, 15) is 18.7 Å². The molecule has 3 aromatic heterocycles. The third-order valence-electron chi connectivity index (χ3n) is 5.49. The summed E-state index contributed by atoms with van der Waals surface area (Å²) in [5.74, 6) is -1.31. The van der Waals surface area contributed by atoms with Gasteiger partial charge in [-0.25, -0.2) is 18.8 Å². The number of halogens is 3. The fraction of sp³-hybridized carbons (Fsp3) is 0.280. The van der Waals surface area contributed by atoms with Crippen molar-refractivity contribution in [2.75, 3.05) is 6.61 Å². The van der Waals surface area contributed by atoms with Gasteiger partial charge in [0.1, 0.15) is 28.9 Å². The highest BCUT2D eigenvalue weighted by molar-refractivity contribution is 6.31. The second-order valence-corrected chi connectivity index (χ2v) is 9.12. The minimum absolute atomic E-state index is 0.0398. The van der Waals surface area contributed by atoms with Crippen LogP contribution >= 0.6 is 11.6 Å². The summed E-state index contributed by atoms with van der Waals surface area (Å²) in [5, 5.41) is 9.20. The topological polar surface area (TPSA) is 116 Å². The predicted molar refractivity (Wildman–Crippen MR) is 134 cm³/mol. The summed E-state index contributed by atoms with van der Waals surface area (Å²) in [6.07, 6.45) is 5.49. The maximum absolute atomic E-state index is 13.9. The summed E-state index contributed by atoms with van der Waals surface area (Å²) in [6.45, 7) is 6.61. The van der Waals surface area contributed by atoms with Crippen molar-refractivity contribution in [3.63, 3.8) is 0 Å². The Hall–Kier alpha value is -3.63. The van der Waals surface area contributed by atoms with E-state index in [2.05, 4.69) is 15.0 Å². The Kier molecular flexibility index (Phi) is 8.21. The number of ether oxygens (including phenoxy) is 1. The van der Waals surface area contributed by atoms with Gasteiger partial charge in [-0.15, -0.1) is 0 Å². The Labute approximate surface area is 211 Å². The first-order valence-corrected chi connectivity index (χ1v) is 11.3. The molecule has 36 heavy (non-hydrogen) atoms.